The average Bonchev–Trinajstić information content (AvgIpc) is 2.33. The number of fused-ring (bicyclic) bond motifs is 1. The van der Waals surface area contributed by atoms with Gasteiger partial charge in [0.15, 0.2) is 11.5 Å². The minimum Gasteiger partial charge on any atom is -0.454 e. The topological polar surface area (TPSA) is 18.5 Å². The second-order valence-electron chi connectivity index (χ2n) is 1.85. The summed E-state index contributed by atoms with van der Waals surface area (Å²) in [5.74, 6) is 1.69. The Labute approximate surface area is 53.0 Å². The first-order chi connectivity index (χ1) is 4.47. The van der Waals surface area contributed by atoms with Crippen molar-refractivity contribution in [1.29, 1.82) is 0 Å². The van der Waals surface area contributed by atoms with Gasteiger partial charge in [0, 0.05) is 0 Å². The van der Waals surface area contributed by atoms with Crippen molar-refractivity contribution in [1.82, 2.24) is 0 Å². The van der Waals surface area contributed by atoms with Gasteiger partial charge in [-0.05, 0) is 12.1 Å². The molecule has 0 unspecified atom stereocenters. The third-order valence-electron chi connectivity index (χ3n) is 1.28. The van der Waals surface area contributed by atoms with E-state index >= 15 is 0 Å². The first-order valence-electron chi connectivity index (χ1n) is 2.81. The van der Waals surface area contributed by atoms with Crippen LogP contribution in [0.1, 0.15) is 0 Å². The molecule has 1 aromatic rings. The molecule has 0 atom stereocenters. The zero-order chi connectivity index (χ0) is 6.10. The minimum absolute atomic E-state index is 0.360. The van der Waals surface area contributed by atoms with E-state index in [0.717, 1.165) is 11.5 Å². The molecule has 0 fully saturated rings. The lowest BCUT2D eigenvalue weighted by molar-refractivity contribution is 0.174. The lowest BCUT2D eigenvalue weighted by atomic mass is 11.3. The molecular weight excluding hydrogens is 122 g/mol. The van der Waals surface area contributed by atoms with Gasteiger partial charge in [0.25, 0.3) is 0 Å². The Morgan fingerprint density at radius 1 is 1.00 bits per heavy atom. The van der Waals surface area contributed by atoms with Crippen LogP contribution in [0.15, 0.2) is 24.3 Å². The third kappa shape index (κ3) is 0.633. The van der Waals surface area contributed by atoms with E-state index in [1.807, 2.05) is 24.3 Å². The van der Waals surface area contributed by atoms with Crippen molar-refractivity contribution in [2.24, 2.45) is 0 Å². The van der Waals surface area contributed by atoms with Crippen LogP contribution in [-0.2, 0) is 0 Å². The molecule has 9 heavy (non-hydrogen) atoms. The van der Waals surface area contributed by atoms with Gasteiger partial charge in [-0.2, -0.15) is 0 Å². The Hall–Kier alpha value is -1.18. The highest BCUT2D eigenvalue weighted by Crippen LogP contribution is 2.30. The highest BCUT2D eigenvalue weighted by atomic mass is 16.8. The molecule has 0 radical (unpaired) electrons. The first-order valence-corrected chi connectivity index (χ1v) is 2.81. The van der Waals surface area contributed by atoms with Crippen LogP contribution in [0.25, 0.3) is 0 Å². The van der Waals surface area contributed by atoms with Crippen LogP contribution in [0.5, 0.6) is 11.5 Å². The molecule has 0 saturated heterocycles. The van der Waals surface area contributed by atoms with E-state index in [-0.39, 0.29) is 0 Å². The summed E-state index contributed by atoms with van der Waals surface area (Å²) in [5.41, 5.74) is 0. The largest absolute Gasteiger partial charge is 0.454 e. The van der Waals surface area contributed by atoms with Crippen LogP contribution in [-0.4, -0.2) is 6.79 Å². The lowest BCUT2D eigenvalue weighted by Crippen LogP contribution is -1.92. The summed E-state index contributed by atoms with van der Waals surface area (Å²) in [7, 11) is 0. The van der Waals surface area contributed by atoms with Crippen molar-refractivity contribution in [3.8, 4) is 11.5 Å². The van der Waals surface area contributed by atoms with Crippen molar-refractivity contribution in [2.75, 3.05) is 6.79 Å². The maximum atomic E-state index is 5.08. The molecular formula is C7H6O2. The zero-order valence-corrected chi connectivity index (χ0v) is 4.83. The number of rotatable bonds is 0. The molecule has 0 amide bonds. The normalized spacial score (nSPS) is 13.8. The summed E-state index contributed by atoms with van der Waals surface area (Å²) in [6.07, 6.45) is 0. The van der Waals surface area contributed by atoms with Gasteiger partial charge in [-0.1, -0.05) is 12.1 Å². The van der Waals surface area contributed by atoms with Gasteiger partial charge in [-0.3, -0.25) is 0 Å². The highest BCUT2D eigenvalue weighted by molar-refractivity contribution is 5.40. The number of hydrogen-bond donors (Lipinski definition) is 0. The molecule has 1 heterocycles. The van der Waals surface area contributed by atoms with E-state index in [0.29, 0.717) is 6.79 Å². The van der Waals surface area contributed by atoms with Gasteiger partial charge in [-0.25, -0.2) is 0 Å². The average molecular weight is 128 g/mol. The predicted octanol–water partition coefficient (Wildman–Crippen LogP) is 1.42. The number of ether oxygens (including phenoxy) is 2. The molecule has 1 aromatic carbocycles. The lowest BCUT2D eigenvalue weighted by Gasteiger charge is -1.89. The second-order valence-corrected chi connectivity index (χ2v) is 1.85. The standard InChI is InChI=1S/C7H6O2/c1-2-4-7-6(3-1)8-5-9-7/h1-4H,5H2/i1+1,2+1,3+1,4+1,6+1,7+1. The van der Waals surface area contributed by atoms with Crippen molar-refractivity contribution >= 4 is 0 Å². The minimum atomic E-state index is 0.360. The Balaban J connectivity index is 2.54. The fraction of sp³-hybridized carbons (Fsp3) is 0.143. The molecule has 0 N–H and O–H groups in total. The summed E-state index contributed by atoms with van der Waals surface area (Å²) >= 11 is 0. The predicted molar refractivity (Wildman–Crippen MR) is 32.6 cm³/mol. The van der Waals surface area contributed by atoms with Crippen molar-refractivity contribution in [3.63, 3.8) is 0 Å². The van der Waals surface area contributed by atoms with Gasteiger partial charge in [0.2, 0.25) is 6.79 Å². The van der Waals surface area contributed by atoms with Gasteiger partial charge < -0.3 is 9.47 Å². The van der Waals surface area contributed by atoms with Crippen LogP contribution >= 0.6 is 0 Å². The smallest absolute Gasteiger partial charge is 0.231 e. The first kappa shape index (κ1) is 4.68. The van der Waals surface area contributed by atoms with Crippen LogP contribution in [0.4, 0.5) is 0 Å². The highest BCUT2D eigenvalue weighted by Gasteiger charge is 2.09. The van der Waals surface area contributed by atoms with Gasteiger partial charge >= 0.3 is 0 Å². The monoisotopic (exact) mass is 128 g/mol. The summed E-state index contributed by atoms with van der Waals surface area (Å²) in [4.78, 5) is 0. The molecule has 0 spiro atoms. The Morgan fingerprint density at radius 2 is 1.56 bits per heavy atom. The van der Waals surface area contributed by atoms with E-state index in [4.69, 9.17) is 9.47 Å². The molecule has 46 valence electrons. The van der Waals surface area contributed by atoms with E-state index in [1.165, 1.54) is 0 Å². The fourth-order valence-electron chi connectivity index (χ4n) is 0.845. The maximum Gasteiger partial charge on any atom is 0.231 e. The Morgan fingerprint density at radius 3 is 2.11 bits per heavy atom. The quantitative estimate of drug-likeness (QED) is 0.526. The van der Waals surface area contributed by atoms with Gasteiger partial charge in [0.05, 0.1) is 0 Å². The van der Waals surface area contributed by atoms with Crippen molar-refractivity contribution in [2.45, 2.75) is 0 Å². The van der Waals surface area contributed by atoms with Crippen LogP contribution in [0.2, 0.25) is 0 Å². The van der Waals surface area contributed by atoms with Crippen LogP contribution in [0, 0.1) is 0 Å². The fourth-order valence-corrected chi connectivity index (χ4v) is 0.845. The molecule has 0 aliphatic carbocycles. The summed E-state index contributed by atoms with van der Waals surface area (Å²) in [6.45, 7) is 0.360. The molecule has 2 heteroatoms. The second kappa shape index (κ2) is 1.65. The van der Waals surface area contributed by atoms with E-state index in [1.54, 1.807) is 0 Å². The summed E-state index contributed by atoms with van der Waals surface area (Å²) < 4.78 is 10.2. The van der Waals surface area contributed by atoms with Gasteiger partial charge in [-0.15, -0.1) is 0 Å². The number of hydrogen-bond acceptors (Lipinski definition) is 2. The Kier molecular flexibility index (Phi) is 0.859. The van der Waals surface area contributed by atoms with Crippen molar-refractivity contribution < 1.29 is 9.47 Å². The molecule has 2 nitrogen and oxygen atoms in total. The molecule has 1 aliphatic rings. The molecule has 1 aliphatic heterocycles. The van der Waals surface area contributed by atoms with Gasteiger partial charge in [0.1, 0.15) is 0 Å². The van der Waals surface area contributed by atoms with E-state index in [2.05, 4.69) is 0 Å². The number of para-hydroxylation sites is 2. The summed E-state index contributed by atoms with van der Waals surface area (Å²) in [6, 6.07) is 7.63. The van der Waals surface area contributed by atoms with Crippen LogP contribution < -0.4 is 9.47 Å². The molecule has 0 bridgehead atoms. The Bertz CT molecular complexity index is 197. The van der Waals surface area contributed by atoms with Crippen molar-refractivity contribution in [3.05, 3.63) is 24.3 Å². The van der Waals surface area contributed by atoms with E-state index in [9.17, 15) is 0 Å². The maximum absolute atomic E-state index is 5.08. The summed E-state index contributed by atoms with van der Waals surface area (Å²) in [5, 5.41) is 0. The molecule has 2 rings (SSSR count). The molecule has 0 saturated carbocycles. The van der Waals surface area contributed by atoms with E-state index < -0.39 is 0 Å². The number of benzene rings is 1. The van der Waals surface area contributed by atoms with Crippen LogP contribution in [0.3, 0.4) is 0 Å². The third-order valence-corrected chi connectivity index (χ3v) is 1.28. The molecule has 0 aromatic heterocycles. The SMILES string of the molecule is C1O[13c]2[13cH][13cH][13cH][13cH][13c]2O1. The zero-order valence-electron chi connectivity index (χ0n) is 4.83.